The predicted molar refractivity (Wildman–Crippen MR) is 110 cm³/mol. The number of carbonyl (C=O) groups excluding carboxylic acids is 2. The van der Waals surface area contributed by atoms with Crippen LogP contribution in [-0.4, -0.2) is 65.9 Å². The number of likely N-dealkylation sites (N-methyl/N-ethyl adjacent to an activating group) is 1. The molecule has 0 radical (unpaired) electrons. The fourth-order valence-electron chi connectivity index (χ4n) is 3.48. The first-order valence-electron chi connectivity index (χ1n) is 9.33. The monoisotopic (exact) mass is 395 g/mol. The minimum atomic E-state index is -0.682. The molecule has 2 aromatic rings. The number of methoxy groups -OCH3 is 1. The Morgan fingerprint density at radius 1 is 1.21 bits per heavy atom. The molecule has 1 atom stereocenters. The number of hydrogen-bond donors (Lipinski definition) is 1. The minimum absolute atomic E-state index is 0.0909. The summed E-state index contributed by atoms with van der Waals surface area (Å²) in [7, 11) is 5.37. The Morgan fingerprint density at radius 2 is 1.90 bits per heavy atom. The number of aryl methyl sites for hydroxylation is 1. The Labute approximate surface area is 170 Å². The number of nitrogens with zero attached hydrogens (tertiary/aromatic N) is 3. The molecule has 0 saturated carbocycles. The summed E-state index contributed by atoms with van der Waals surface area (Å²) >= 11 is 0. The third-order valence-electron chi connectivity index (χ3n) is 5.04. The van der Waals surface area contributed by atoms with Gasteiger partial charge in [0.05, 0.1) is 18.7 Å². The summed E-state index contributed by atoms with van der Waals surface area (Å²) in [5, 5.41) is 11.1. The Balaban J connectivity index is 2.15. The van der Waals surface area contributed by atoms with Crippen LogP contribution in [0.1, 0.15) is 22.7 Å². The van der Waals surface area contributed by atoms with Crippen molar-refractivity contribution in [3.63, 3.8) is 0 Å². The second-order valence-electron chi connectivity index (χ2n) is 7.26. The zero-order chi connectivity index (χ0) is 21.1. The van der Waals surface area contributed by atoms with Crippen molar-refractivity contribution in [2.24, 2.45) is 0 Å². The summed E-state index contributed by atoms with van der Waals surface area (Å²) in [5.74, 6) is -0.825. The van der Waals surface area contributed by atoms with Crippen LogP contribution in [0.15, 0.2) is 48.3 Å². The molecule has 0 unspecified atom stereocenters. The number of hydrogen-bond acceptors (Lipinski definition) is 6. The van der Waals surface area contributed by atoms with E-state index in [1.807, 2.05) is 25.9 Å². The molecule has 1 aliphatic rings. The standard InChI is InChI=1S/C22H25N3O4/c1-14-13-16(29-4)5-6-17(14)20(26)18-19(15-7-9-23-10-8-15)25(12-11-24(2)3)22(28)21(18)27/h5-10,13,19,26H,11-12H2,1-4H3/b20-18+/t19-/m0/s1. The van der Waals surface area contributed by atoms with E-state index in [9.17, 15) is 14.7 Å². The Kier molecular flexibility index (Phi) is 5.98. The quantitative estimate of drug-likeness (QED) is 0.459. The summed E-state index contributed by atoms with van der Waals surface area (Å²) in [4.78, 5) is 33.2. The number of ketones is 1. The van der Waals surface area contributed by atoms with Crippen molar-refractivity contribution in [2.75, 3.05) is 34.3 Å². The van der Waals surface area contributed by atoms with Crippen LogP contribution in [0.4, 0.5) is 0 Å². The molecule has 0 spiro atoms. The van der Waals surface area contributed by atoms with Gasteiger partial charge in [-0.25, -0.2) is 0 Å². The number of rotatable bonds is 6. The molecule has 7 heteroatoms. The second kappa shape index (κ2) is 8.45. The molecule has 0 bridgehead atoms. The van der Waals surface area contributed by atoms with Gasteiger partial charge in [0, 0.05) is 31.0 Å². The van der Waals surface area contributed by atoms with E-state index in [0.29, 0.717) is 24.4 Å². The van der Waals surface area contributed by atoms with Gasteiger partial charge in [-0.2, -0.15) is 0 Å². The maximum absolute atomic E-state index is 12.9. The van der Waals surface area contributed by atoms with Gasteiger partial charge in [-0.1, -0.05) is 0 Å². The first-order chi connectivity index (χ1) is 13.8. The van der Waals surface area contributed by atoms with Crippen molar-refractivity contribution in [1.82, 2.24) is 14.8 Å². The first-order valence-corrected chi connectivity index (χ1v) is 9.33. The number of benzene rings is 1. The Morgan fingerprint density at radius 3 is 2.48 bits per heavy atom. The number of carbonyl (C=O) groups is 2. The van der Waals surface area contributed by atoms with Crippen LogP contribution in [0.25, 0.3) is 5.76 Å². The van der Waals surface area contributed by atoms with E-state index in [4.69, 9.17) is 4.74 Å². The number of aliphatic hydroxyl groups is 1. The molecule has 1 aliphatic heterocycles. The van der Waals surface area contributed by atoms with E-state index in [-0.39, 0.29) is 11.3 Å². The van der Waals surface area contributed by atoms with Crippen LogP contribution in [0, 0.1) is 6.92 Å². The zero-order valence-electron chi connectivity index (χ0n) is 17.0. The summed E-state index contributed by atoms with van der Waals surface area (Å²) < 4.78 is 5.22. The fourth-order valence-corrected chi connectivity index (χ4v) is 3.48. The molecule has 1 aromatic heterocycles. The molecule has 1 N–H and O–H groups in total. The number of Topliss-reactive ketones (excluding diaryl/α,β-unsaturated/α-hetero) is 1. The van der Waals surface area contributed by atoms with E-state index in [1.165, 1.54) is 4.90 Å². The van der Waals surface area contributed by atoms with E-state index in [0.717, 1.165) is 11.1 Å². The summed E-state index contributed by atoms with van der Waals surface area (Å²) in [6.07, 6.45) is 3.22. The van der Waals surface area contributed by atoms with E-state index < -0.39 is 17.7 Å². The van der Waals surface area contributed by atoms with E-state index in [2.05, 4.69) is 4.98 Å². The largest absolute Gasteiger partial charge is 0.507 e. The van der Waals surface area contributed by atoms with Gasteiger partial charge in [0.2, 0.25) is 0 Å². The zero-order valence-corrected chi connectivity index (χ0v) is 17.0. The van der Waals surface area contributed by atoms with Gasteiger partial charge < -0.3 is 19.6 Å². The van der Waals surface area contributed by atoms with Crippen molar-refractivity contribution in [2.45, 2.75) is 13.0 Å². The highest BCUT2D eigenvalue weighted by Crippen LogP contribution is 2.39. The molecule has 1 saturated heterocycles. The first kappa shape index (κ1) is 20.5. The van der Waals surface area contributed by atoms with Gasteiger partial charge in [-0.3, -0.25) is 14.6 Å². The normalized spacial score (nSPS) is 18.5. The molecule has 152 valence electrons. The van der Waals surface area contributed by atoms with Gasteiger partial charge in [-0.05, 0) is 62.5 Å². The maximum Gasteiger partial charge on any atom is 0.295 e. The average molecular weight is 395 g/mol. The van der Waals surface area contributed by atoms with Crippen molar-refractivity contribution >= 4 is 17.4 Å². The Hall–Kier alpha value is -3.19. The fraction of sp³-hybridized carbons (Fsp3) is 0.318. The summed E-state index contributed by atoms with van der Waals surface area (Å²) in [6, 6.07) is 8.03. The lowest BCUT2D eigenvalue weighted by molar-refractivity contribution is -0.140. The van der Waals surface area contributed by atoms with Gasteiger partial charge in [-0.15, -0.1) is 0 Å². The highest BCUT2D eigenvalue weighted by atomic mass is 16.5. The highest BCUT2D eigenvalue weighted by Gasteiger charge is 2.46. The van der Waals surface area contributed by atoms with Crippen LogP contribution in [0.5, 0.6) is 5.75 Å². The minimum Gasteiger partial charge on any atom is -0.507 e. The molecule has 0 aliphatic carbocycles. The van der Waals surface area contributed by atoms with Crippen molar-refractivity contribution in [3.8, 4) is 5.75 Å². The van der Waals surface area contributed by atoms with Crippen LogP contribution in [0.2, 0.25) is 0 Å². The summed E-state index contributed by atoms with van der Waals surface area (Å²) in [5.41, 5.74) is 2.06. The lowest BCUT2D eigenvalue weighted by atomic mass is 9.94. The molecule has 29 heavy (non-hydrogen) atoms. The van der Waals surface area contributed by atoms with Crippen LogP contribution >= 0.6 is 0 Å². The third-order valence-corrected chi connectivity index (χ3v) is 5.04. The van der Waals surface area contributed by atoms with Gasteiger partial charge >= 0.3 is 0 Å². The number of aromatic nitrogens is 1. The maximum atomic E-state index is 12.9. The van der Waals surface area contributed by atoms with Crippen LogP contribution in [0.3, 0.4) is 0 Å². The molecule has 7 nitrogen and oxygen atoms in total. The number of amides is 1. The second-order valence-corrected chi connectivity index (χ2v) is 7.26. The van der Waals surface area contributed by atoms with Gasteiger partial charge in [0.1, 0.15) is 11.5 Å². The number of aliphatic hydroxyl groups excluding tert-OH is 1. The van der Waals surface area contributed by atoms with Crippen molar-refractivity contribution in [1.29, 1.82) is 0 Å². The molecule has 1 aromatic carbocycles. The summed E-state index contributed by atoms with van der Waals surface area (Å²) in [6.45, 7) is 2.78. The van der Waals surface area contributed by atoms with Crippen molar-refractivity contribution < 1.29 is 19.4 Å². The molecule has 3 rings (SSSR count). The topological polar surface area (TPSA) is 83.0 Å². The predicted octanol–water partition coefficient (Wildman–Crippen LogP) is 2.38. The molecular formula is C22H25N3O4. The third kappa shape index (κ3) is 4.00. The number of pyridine rings is 1. The van der Waals surface area contributed by atoms with Gasteiger partial charge in [0.15, 0.2) is 0 Å². The lowest BCUT2D eigenvalue weighted by Crippen LogP contribution is -2.35. The molecule has 1 fully saturated rings. The number of ether oxygens (including phenoxy) is 1. The molecule has 2 heterocycles. The van der Waals surface area contributed by atoms with Gasteiger partial charge in [0.25, 0.3) is 11.7 Å². The average Bonchev–Trinajstić information content (AvgIpc) is 2.97. The molecule has 1 amide bonds. The van der Waals surface area contributed by atoms with Crippen LogP contribution in [-0.2, 0) is 9.59 Å². The Bertz CT molecular complexity index is 954. The van der Waals surface area contributed by atoms with E-state index in [1.54, 1.807) is 49.8 Å². The lowest BCUT2D eigenvalue weighted by Gasteiger charge is -2.26. The molecular weight excluding hydrogens is 370 g/mol. The number of likely N-dealkylation sites (tertiary alicyclic amines) is 1. The van der Waals surface area contributed by atoms with Crippen molar-refractivity contribution in [3.05, 3.63) is 65.0 Å². The smallest absolute Gasteiger partial charge is 0.295 e. The van der Waals surface area contributed by atoms with Crippen LogP contribution < -0.4 is 4.74 Å². The SMILES string of the molecule is COc1ccc(/C(O)=C2\C(=O)C(=O)N(CCN(C)C)[C@H]2c2ccncc2)c(C)c1. The highest BCUT2D eigenvalue weighted by molar-refractivity contribution is 6.46. The van der Waals surface area contributed by atoms with E-state index >= 15 is 0 Å².